The minimum absolute atomic E-state index is 0.146. The lowest BCUT2D eigenvalue weighted by atomic mass is 9.78. The maximum atomic E-state index is 6.60. The molecular weight excluding hydrogens is 396 g/mol. The summed E-state index contributed by atoms with van der Waals surface area (Å²) in [5.41, 5.74) is 4.24. The molecule has 3 aromatic carbocycles. The molecule has 0 bridgehead atoms. The zero-order chi connectivity index (χ0) is 21.8. The largest absolute Gasteiger partial charge is 0.518 e. The highest BCUT2D eigenvalue weighted by Gasteiger charge is 2.40. The molecule has 1 heterocycles. The van der Waals surface area contributed by atoms with E-state index in [9.17, 15) is 0 Å². The van der Waals surface area contributed by atoms with Gasteiger partial charge in [-0.15, -0.1) is 0 Å². The maximum Gasteiger partial charge on any atom is 0.274 e. The fourth-order valence-corrected chi connectivity index (χ4v) is 5.63. The number of hydrogen-bond acceptors (Lipinski definition) is 2. The Morgan fingerprint density at radius 3 is 2.48 bits per heavy atom. The zero-order valence-corrected chi connectivity index (χ0v) is 20.3. The third kappa shape index (κ3) is 3.49. The number of fused-ring (bicyclic) bond motifs is 5. The van der Waals surface area contributed by atoms with Gasteiger partial charge in [-0.3, -0.25) is 0 Å². The van der Waals surface area contributed by atoms with Crippen molar-refractivity contribution in [2.24, 2.45) is 0 Å². The standard InChI is InChI=1S/C28H32O2Si/c1-28(2,3)31(4,5)30-27-23(16-17-29-27)21-11-10-20-13-14-24-22-9-7-6-8-19(22)12-15-25(24)26(20)18-21/h6-9,12-17,21H,10-11,18H2,1-5H3. The SMILES string of the molecule is CC(C)(C)[Si](C)(C)Oc1occc1C1CCc2ccc3c(ccc4ccccc43)c2C1. The molecule has 0 saturated carbocycles. The van der Waals surface area contributed by atoms with Crippen LogP contribution in [0, 0.1) is 0 Å². The minimum atomic E-state index is -1.94. The third-order valence-electron chi connectivity index (χ3n) is 7.60. The molecule has 31 heavy (non-hydrogen) atoms. The first-order valence-corrected chi connectivity index (χ1v) is 14.3. The summed E-state index contributed by atoms with van der Waals surface area (Å²) in [4.78, 5) is 0. The second kappa shape index (κ2) is 7.27. The summed E-state index contributed by atoms with van der Waals surface area (Å²) < 4.78 is 12.5. The quantitative estimate of drug-likeness (QED) is 0.242. The van der Waals surface area contributed by atoms with Gasteiger partial charge in [0.2, 0.25) is 0 Å². The Bertz CT molecular complexity index is 1260. The predicted octanol–water partition coefficient (Wildman–Crippen LogP) is 8.24. The smallest absolute Gasteiger partial charge is 0.274 e. The van der Waals surface area contributed by atoms with E-state index in [1.54, 1.807) is 0 Å². The van der Waals surface area contributed by atoms with E-state index in [1.807, 2.05) is 6.26 Å². The number of furan rings is 1. The van der Waals surface area contributed by atoms with Gasteiger partial charge >= 0.3 is 0 Å². The van der Waals surface area contributed by atoms with Crippen LogP contribution in [0.5, 0.6) is 5.95 Å². The second-order valence-corrected chi connectivity index (χ2v) is 15.3. The third-order valence-corrected chi connectivity index (χ3v) is 11.9. The molecule has 1 unspecified atom stereocenters. The van der Waals surface area contributed by atoms with Gasteiger partial charge in [-0.2, -0.15) is 0 Å². The molecule has 0 spiro atoms. The Morgan fingerprint density at radius 2 is 1.68 bits per heavy atom. The summed E-state index contributed by atoms with van der Waals surface area (Å²) in [6.45, 7) is 11.4. The Balaban J connectivity index is 1.53. The van der Waals surface area contributed by atoms with Crippen LogP contribution in [0.25, 0.3) is 21.5 Å². The molecule has 0 N–H and O–H groups in total. The average molecular weight is 429 g/mol. The van der Waals surface area contributed by atoms with Crippen LogP contribution >= 0.6 is 0 Å². The number of benzene rings is 3. The number of hydrogen-bond donors (Lipinski definition) is 0. The van der Waals surface area contributed by atoms with Gasteiger partial charge in [0, 0.05) is 5.56 Å². The molecule has 0 amide bonds. The Labute approximate surface area is 186 Å². The monoisotopic (exact) mass is 428 g/mol. The molecule has 0 radical (unpaired) electrons. The maximum absolute atomic E-state index is 6.60. The summed E-state index contributed by atoms with van der Waals surface area (Å²) >= 11 is 0. The van der Waals surface area contributed by atoms with Crippen LogP contribution in [0.3, 0.4) is 0 Å². The van der Waals surface area contributed by atoms with Crippen molar-refractivity contribution < 1.29 is 8.84 Å². The van der Waals surface area contributed by atoms with E-state index in [0.29, 0.717) is 5.92 Å². The van der Waals surface area contributed by atoms with Crippen LogP contribution in [-0.2, 0) is 12.8 Å². The Kier molecular flexibility index (Phi) is 4.78. The van der Waals surface area contributed by atoms with Gasteiger partial charge in [0.05, 0.1) is 6.26 Å². The molecule has 2 nitrogen and oxygen atoms in total. The van der Waals surface area contributed by atoms with E-state index in [1.165, 1.54) is 38.2 Å². The second-order valence-electron chi connectivity index (χ2n) is 10.6. The highest BCUT2D eigenvalue weighted by molar-refractivity contribution is 6.74. The van der Waals surface area contributed by atoms with Crippen LogP contribution in [0.4, 0.5) is 0 Å². The lowest BCUT2D eigenvalue weighted by Gasteiger charge is -2.36. The summed E-state index contributed by atoms with van der Waals surface area (Å²) in [7, 11) is -1.94. The Hall–Kier alpha value is -2.52. The fraction of sp³-hybridized carbons (Fsp3) is 0.357. The van der Waals surface area contributed by atoms with Crippen molar-refractivity contribution in [2.45, 2.75) is 64.1 Å². The summed E-state index contributed by atoms with van der Waals surface area (Å²) in [5, 5.41) is 5.56. The molecule has 1 atom stereocenters. The summed E-state index contributed by atoms with van der Waals surface area (Å²) in [6, 6.07) is 20.1. The summed E-state index contributed by atoms with van der Waals surface area (Å²) in [5.74, 6) is 1.19. The average Bonchev–Trinajstić information content (AvgIpc) is 3.19. The normalized spacial score (nSPS) is 17.1. The van der Waals surface area contributed by atoms with E-state index in [-0.39, 0.29) is 5.04 Å². The zero-order valence-electron chi connectivity index (χ0n) is 19.3. The molecule has 0 fully saturated rings. The molecule has 5 rings (SSSR count). The van der Waals surface area contributed by atoms with E-state index in [2.05, 4.69) is 88.5 Å². The first-order chi connectivity index (χ1) is 14.7. The van der Waals surface area contributed by atoms with E-state index in [0.717, 1.165) is 25.2 Å². The highest BCUT2D eigenvalue weighted by Crippen LogP contribution is 2.44. The van der Waals surface area contributed by atoms with Crippen molar-refractivity contribution in [3.05, 3.63) is 77.6 Å². The first-order valence-electron chi connectivity index (χ1n) is 11.4. The van der Waals surface area contributed by atoms with Crippen LogP contribution in [0.1, 0.15) is 49.8 Å². The lowest BCUT2D eigenvalue weighted by molar-refractivity contribution is 0.357. The molecule has 0 aliphatic heterocycles. The van der Waals surface area contributed by atoms with Gasteiger partial charge in [0.25, 0.3) is 14.3 Å². The molecule has 0 saturated heterocycles. The van der Waals surface area contributed by atoms with Gasteiger partial charge in [-0.1, -0.05) is 69.3 Å². The first kappa shape index (κ1) is 20.4. The van der Waals surface area contributed by atoms with Crippen LogP contribution < -0.4 is 4.43 Å². The van der Waals surface area contributed by atoms with Crippen molar-refractivity contribution in [3.8, 4) is 5.95 Å². The van der Waals surface area contributed by atoms with Gasteiger partial charge in [0.15, 0.2) is 0 Å². The molecule has 3 heteroatoms. The van der Waals surface area contributed by atoms with Crippen LogP contribution in [-0.4, -0.2) is 8.32 Å². The minimum Gasteiger partial charge on any atom is -0.518 e. The van der Waals surface area contributed by atoms with E-state index >= 15 is 0 Å². The van der Waals surface area contributed by atoms with Crippen LogP contribution in [0.15, 0.2) is 65.3 Å². The van der Waals surface area contributed by atoms with Gasteiger partial charge in [-0.05, 0) is 82.1 Å². The lowest BCUT2D eigenvalue weighted by Crippen LogP contribution is -2.44. The molecule has 1 aliphatic carbocycles. The van der Waals surface area contributed by atoms with Crippen molar-refractivity contribution in [1.82, 2.24) is 0 Å². The van der Waals surface area contributed by atoms with Crippen LogP contribution in [0.2, 0.25) is 18.1 Å². The highest BCUT2D eigenvalue weighted by atomic mass is 28.4. The number of rotatable bonds is 3. The van der Waals surface area contributed by atoms with Crippen molar-refractivity contribution >= 4 is 29.9 Å². The predicted molar refractivity (Wildman–Crippen MR) is 133 cm³/mol. The van der Waals surface area contributed by atoms with Gasteiger partial charge < -0.3 is 8.84 Å². The fourth-order valence-electron chi connectivity index (χ4n) is 4.69. The molecule has 1 aromatic heterocycles. The van der Waals surface area contributed by atoms with E-state index in [4.69, 9.17) is 8.84 Å². The summed E-state index contributed by atoms with van der Waals surface area (Å²) in [6.07, 6.45) is 5.09. The molecule has 1 aliphatic rings. The van der Waals surface area contributed by atoms with Crippen molar-refractivity contribution in [1.29, 1.82) is 0 Å². The van der Waals surface area contributed by atoms with Gasteiger partial charge in [0.1, 0.15) is 0 Å². The van der Waals surface area contributed by atoms with Crippen molar-refractivity contribution in [2.75, 3.05) is 0 Å². The molecule has 4 aromatic rings. The van der Waals surface area contributed by atoms with Gasteiger partial charge in [-0.25, -0.2) is 0 Å². The van der Waals surface area contributed by atoms with E-state index < -0.39 is 8.32 Å². The molecule has 160 valence electrons. The number of aryl methyl sites for hydroxylation is 1. The van der Waals surface area contributed by atoms with Crippen molar-refractivity contribution in [3.63, 3.8) is 0 Å². The topological polar surface area (TPSA) is 22.4 Å². The molecular formula is C28H32O2Si. The Morgan fingerprint density at radius 1 is 0.903 bits per heavy atom.